The normalized spacial score (nSPS) is 12.2. The average Bonchev–Trinajstić information content (AvgIpc) is 3.24. The Morgan fingerprint density at radius 1 is 1.09 bits per heavy atom. The number of benzene rings is 3. The van der Waals surface area contributed by atoms with Crippen LogP contribution in [0.4, 0.5) is 4.39 Å². The number of imidazole rings is 1. The second-order valence-corrected chi connectivity index (χ2v) is 11.1. The Labute approximate surface area is 220 Å². The first-order valence-electron chi connectivity index (χ1n) is 10.1. The van der Waals surface area contributed by atoms with Gasteiger partial charge in [0.2, 0.25) is 0 Å². The first-order valence-corrected chi connectivity index (χ1v) is 13.1. The molecule has 0 aliphatic carbocycles. The van der Waals surface area contributed by atoms with Gasteiger partial charge in [-0.15, -0.1) is 0 Å². The number of rotatable bonds is 4. The van der Waals surface area contributed by atoms with Crippen molar-refractivity contribution in [3.8, 4) is 5.75 Å². The Morgan fingerprint density at radius 3 is 2.55 bits per heavy atom. The lowest BCUT2D eigenvalue weighted by Crippen LogP contribution is -2.22. The van der Waals surface area contributed by atoms with Gasteiger partial charge in [-0.2, -0.15) is 0 Å². The maximum atomic E-state index is 13.4. The SMILES string of the molecule is Cc1cc2nc3s/c(=C\c4cc(I)c(OCc5cccc(F)c5)c(I)c4)c(=O)n3c2cc1C. The first-order chi connectivity index (χ1) is 15.8. The lowest BCUT2D eigenvalue weighted by Gasteiger charge is -2.11. The van der Waals surface area contributed by atoms with E-state index in [4.69, 9.17) is 4.74 Å². The number of thiazole rings is 1. The topological polar surface area (TPSA) is 43.6 Å². The standard InChI is InChI=1S/C25H17FI2N2O2S/c1-13-6-20-21(7-14(13)2)30-24(31)22(33-25(30)29-20)11-16-9-18(27)23(19(28)10-16)32-12-15-4-3-5-17(26)8-15/h3-11H,12H2,1-2H3/b22-11-. The molecule has 4 nitrogen and oxygen atoms in total. The quantitative estimate of drug-likeness (QED) is 0.219. The molecule has 5 rings (SSSR count). The van der Waals surface area contributed by atoms with Gasteiger partial charge in [0.25, 0.3) is 5.56 Å². The van der Waals surface area contributed by atoms with Crippen LogP contribution in [0.25, 0.3) is 22.1 Å². The summed E-state index contributed by atoms with van der Waals surface area (Å²) >= 11 is 5.85. The molecular weight excluding hydrogens is 665 g/mol. The van der Waals surface area contributed by atoms with Gasteiger partial charge in [-0.1, -0.05) is 23.5 Å². The van der Waals surface area contributed by atoms with Crippen molar-refractivity contribution in [1.82, 2.24) is 9.38 Å². The average molecular weight is 682 g/mol. The maximum Gasteiger partial charge on any atom is 0.274 e. The Balaban J connectivity index is 1.51. The van der Waals surface area contributed by atoms with Crippen LogP contribution in [-0.2, 0) is 6.61 Å². The molecule has 0 saturated heterocycles. The molecule has 0 spiro atoms. The fraction of sp³-hybridized carbons (Fsp3) is 0.120. The van der Waals surface area contributed by atoms with Crippen molar-refractivity contribution in [3.05, 3.63) is 98.6 Å². The fourth-order valence-corrected chi connectivity index (χ4v) is 6.77. The highest BCUT2D eigenvalue weighted by Crippen LogP contribution is 2.30. The van der Waals surface area contributed by atoms with Gasteiger partial charge >= 0.3 is 0 Å². The molecule has 0 amide bonds. The highest BCUT2D eigenvalue weighted by Gasteiger charge is 2.13. The molecule has 0 fully saturated rings. The molecule has 2 aromatic heterocycles. The van der Waals surface area contributed by atoms with Crippen LogP contribution < -0.4 is 14.8 Å². The number of hydrogen-bond acceptors (Lipinski definition) is 4. The Hall–Kier alpha value is -2.05. The van der Waals surface area contributed by atoms with Crippen LogP contribution in [0.2, 0.25) is 0 Å². The zero-order chi connectivity index (χ0) is 23.3. The third-order valence-electron chi connectivity index (χ3n) is 5.44. The van der Waals surface area contributed by atoms with Crippen LogP contribution in [0.1, 0.15) is 22.3 Å². The Kier molecular flexibility index (Phi) is 6.17. The molecule has 0 atom stereocenters. The highest BCUT2D eigenvalue weighted by molar-refractivity contribution is 14.1. The van der Waals surface area contributed by atoms with Crippen molar-refractivity contribution < 1.29 is 9.13 Å². The number of ether oxygens (including phenoxy) is 1. The summed E-state index contributed by atoms with van der Waals surface area (Å²) in [5, 5.41) is 0. The summed E-state index contributed by atoms with van der Waals surface area (Å²) in [6.45, 7) is 4.37. The molecule has 0 unspecified atom stereocenters. The zero-order valence-corrected chi connectivity index (χ0v) is 22.8. The van der Waals surface area contributed by atoms with Gasteiger partial charge < -0.3 is 4.74 Å². The van der Waals surface area contributed by atoms with Crippen molar-refractivity contribution in [2.24, 2.45) is 0 Å². The van der Waals surface area contributed by atoms with E-state index in [9.17, 15) is 9.18 Å². The van der Waals surface area contributed by atoms with E-state index in [1.807, 2.05) is 50.3 Å². The third-order valence-corrected chi connectivity index (χ3v) is 8.02. The van der Waals surface area contributed by atoms with Crippen LogP contribution in [0, 0.1) is 26.8 Å². The minimum absolute atomic E-state index is 0.0581. The van der Waals surface area contributed by atoms with Gasteiger partial charge in [0.05, 0.1) is 22.7 Å². The lowest BCUT2D eigenvalue weighted by atomic mass is 10.1. The summed E-state index contributed by atoms with van der Waals surface area (Å²) in [4.78, 5) is 18.5. The maximum absolute atomic E-state index is 13.4. The van der Waals surface area contributed by atoms with Crippen LogP contribution in [-0.4, -0.2) is 9.38 Å². The number of aromatic nitrogens is 2. The molecule has 166 valence electrons. The molecule has 5 aromatic rings. The van der Waals surface area contributed by atoms with E-state index >= 15 is 0 Å². The molecule has 3 aromatic carbocycles. The summed E-state index contributed by atoms with van der Waals surface area (Å²) in [6.07, 6.45) is 1.90. The molecule has 0 radical (unpaired) electrons. The molecule has 0 saturated carbocycles. The first kappa shape index (κ1) is 22.7. The number of hydrogen-bond donors (Lipinski definition) is 0. The van der Waals surface area contributed by atoms with Crippen LogP contribution in [0.15, 0.2) is 53.3 Å². The highest BCUT2D eigenvalue weighted by atomic mass is 127. The molecular formula is C25H17FI2N2O2S. The largest absolute Gasteiger partial charge is 0.487 e. The van der Waals surface area contributed by atoms with Crippen molar-refractivity contribution in [1.29, 1.82) is 0 Å². The smallest absolute Gasteiger partial charge is 0.274 e. The van der Waals surface area contributed by atoms with Gasteiger partial charge in [-0.05, 0) is 124 Å². The number of fused-ring (bicyclic) bond motifs is 3. The lowest BCUT2D eigenvalue weighted by molar-refractivity contribution is 0.301. The molecule has 8 heteroatoms. The van der Waals surface area contributed by atoms with Crippen LogP contribution >= 0.6 is 56.5 Å². The van der Waals surface area contributed by atoms with E-state index in [0.717, 1.165) is 46.2 Å². The summed E-state index contributed by atoms with van der Waals surface area (Å²) in [6, 6.07) is 14.4. The van der Waals surface area contributed by atoms with Gasteiger partial charge in [0.15, 0.2) is 4.96 Å². The molecule has 33 heavy (non-hydrogen) atoms. The number of nitrogens with zero attached hydrogens (tertiary/aromatic N) is 2. The molecule has 0 aliphatic heterocycles. The van der Waals surface area contributed by atoms with Crippen LogP contribution in [0.5, 0.6) is 5.75 Å². The molecule has 0 N–H and O–H groups in total. The summed E-state index contributed by atoms with van der Waals surface area (Å²) < 4.78 is 23.6. The van der Waals surface area contributed by atoms with Gasteiger partial charge in [-0.3, -0.25) is 4.79 Å². The molecule has 0 bridgehead atoms. The minimum atomic E-state index is -0.278. The predicted molar refractivity (Wildman–Crippen MR) is 148 cm³/mol. The molecule has 2 heterocycles. The van der Waals surface area contributed by atoms with E-state index in [1.54, 1.807) is 10.5 Å². The van der Waals surface area contributed by atoms with Crippen molar-refractivity contribution in [3.63, 3.8) is 0 Å². The fourth-order valence-electron chi connectivity index (χ4n) is 3.65. The summed E-state index contributed by atoms with van der Waals surface area (Å²) in [7, 11) is 0. The predicted octanol–water partition coefficient (Wildman–Crippen LogP) is 6.00. The number of halogens is 3. The van der Waals surface area contributed by atoms with E-state index in [1.165, 1.54) is 23.5 Å². The van der Waals surface area contributed by atoms with Gasteiger partial charge in [-0.25, -0.2) is 13.8 Å². The molecule has 0 aliphatic rings. The summed E-state index contributed by atoms with van der Waals surface area (Å²) in [5.74, 6) is 0.469. The van der Waals surface area contributed by atoms with Crippen molar-refractivity contribution >= 4 is 78.6 Å². The van der Waals surface area contributed by atoms with Crippen molar-refractivity contribution in [2.75, 3.05) is 0 Å². The second-order valence-electron chi connectivity index (χ2n) is 7.80. The van der Waals surface area contributed by atoms with E-state index < -0.39 is 0 Å². The van der Waals surface area contributed by atoms with E-state index in [-0.39, 0.29) is 18.0 Å². The van der Waals surface area contributed by atoms with Gasteiger partial charge in [0.1, 0.15) is 18.2 Å². The van der Waals surface area contributed by atoms with Gasteiger partial charge in [0, 0.05) is 0 Å². The number of aryl methyl sites for hydroxylation is 2. The Morgan fingerprint density at radius 2 is 1.82 bits per heavy atom. The van der Waals surface area contributed by atoms with Crippen LogP contribution in [0.3, 0.4) is 0 Å². The summed E-state index contributed by atoms with van der Waals surface area (Å²) in [5.41, 5.74) is 5.62. The Bertz CT molecular complexity index is 1640. The minimum Gasteiger partial charge on any atom is -0.487 e. The third kappa shape index (κ3) is 4.40. The monoisotopic (exact) mass is 682 g/mol. The van der Waals surface area contributed by atoms with E-state index in [2.05, 4.69) is 50.2 Å². The zero-order valence-electron chi connectivity index (χ0n) is 17.7. The van der Waals surface area contributed by atoms with Crippen molar-refractivity contribution in [2.45, 2.75) is 20.5 Å². The second kappa shape index (κ2) is 8.95. The van der Waals surface area contributed by atoms with E-state index in [0.29, 0.717) is 9.49 Å².